The Labute approximate surface area is 202 Å². The van der Waals surface area contributed by atoms with Gasteiger partial charge in [-0.25, -0.2) is 0 Å². The van der Waals surface area contributed by atoms with Crippen LogP contribution in [0.25, 0.3) is 0 Å². The van der Waals surface area contributed by atoms with Crippen LogP contribution in [-0.4, -0.2) is 35.4 Å². The van der Waals surface area contributed by atoms with Crippen molar-refractivity contribution in [3.8, 4) is 5.75 Å². The Bertz CT molecular complexity index is 1080. The van der Waals surface area contributed by atoms with Gasteiger partial charge in [0, 0.05) is 19.0 Å². The lowest BCUT2D eigenvalue weighted by Gasteiger charge is -2.32. The quantitative estimate of drug-likeness (QED) is 0.473. The minimum atomic E-state index is -0.667. The number of benzene rings is 3. The lowest BCUT2D eigenvalue weighted by atomic mass is 10.0. The van der Waals surface area contributed by atoms with E-state index in [0.29, 0.717) is 18.7 Å². The smallest absolute Gasteiger partial charge is 0.261 e. The van der Waals surface area contributed by atoms with Gasteiger partial charge in [0.15, 0.2) is 6.61 Å². The average molecular weight is 459 g/mol. The van der Waals surface area contributed by atoms with Crippen molar-refractivity contribution in [2.24, 2.45) is 0 Å². The minimum absolute atomic E-state index is 0.0364. The molecule has 5 nitrogen and oxygen atoms in total. The zero-order valence-corrected chi connectivity index (χ0v) is 20.5. The largest absolute Gasteiger partial charge is 0.484 e. The van der Waals surface area contributed by atoms with E-state index in [4.69, 9.17) is 4.74 Å². The molecule has 1 atom stereocenters. The first-order valence-electron chi connectivity index (χ1n) is 11.7. The zero-order chi connectivity index (χ0) is 24.5. The summed E-state index contributed by atoms with van der Waals surface area (Å²) < 4.78 is 5.82. The molecule has 0 aliphatic heterocycles. The molecule has 3 aromatic carbocycles. The Kier molecular flexibility index (Phi) is 8.86. The molecule has 0 bridgehead atoms. The van der Waals surface area contributed by atoms with Gasteiger partial charge in [0.05, 0.1) is 0 Å². The van der Waals surface area contributed by atoms with Crippen LogP contribution in [0.5, 0.6) is 5.75 Å². The average Bonchev–Trinajstić information content (AvgIpc) is 2.81. The molecule has 0 aliphatic carbocycles. The van der Waals surface area contributed by atoms with Crippen LogP contribution in [0.1, 0.15) is 36.1 Å². The van der Waals surface area contributed by atoms with E-state index < -0.39 is 6.04 Å². The minimum Gasteiger partial charge on any atom is -0.484 e. The Morgan fingerprint density at radius 1 is 0.853 bits per heavy atom. The standard InChI is InChI=1S/C29H34N2O3/c1-21(2)30-29(33)27(18-24-10-6-5-7-11-24)31(19-25-15-13-22(3)14-16-25)28(32)20-34-26-12-8-9-23(4)17-26/h5-17,21,27H,18-20H2,1-4H3,(H,30,33)/t27-/m1/s1. The molecular formula is C29H34N2O3. The molecule has 0 aliphatic rings. The van der Waals surface area contributed by atoms with Gasteiger partial charge in [-0.2, -0.15) is 0 Å². The van der Waals surface area contributed by atoms with Crippen molar-refractivity contribution < 1.29 is 14.3 Å². The summed E-state index contributed by atoms with van der Waals surface area (Å²) in [5.41, 5.74) is 4.15. The number of aryl methyl sites for hydroxylation is 2. The van der Waals surface area contributed by atoms with E-state index in [0.717, 1.165) is 22.3 Å². The van der Waals surface area contributed by atoms with Crippen molar-refractivity contribution in [1.82, 2.24) is 10.2 Å². The van der Waals surface area contributed by atoms with Crippen molar-refractivity contribution in [2.75, 3.05) is 6.61 Å². The number of hydrogen-bond acceptors (Lipinski definition) is 3. The first kappa shape index (κ1) is 25.0. The molecule has 1 N–H and O–H groups in total. The first-order chi connectivity index (χ1) is 16.3. The van der Waals surface area contributed by atoms with Crippen molar-refractivity contribution in [2.45, 2.75) is 52.7 Å². The fraction of sp³-hybridized carbons (Fsp3) is 0.310. The van der Waals surface area contributed by atoms with Crippen LogP contribution in [-0.2, 0) is 22.6 Å². The van der Waals surface area contributed by atoms with Crippen molar-refractivity contribution >= 4 is 11.8 Å². The normalized spacial score (nSPS) is 11.7. The lowest BCUT2D eigenvalue weighted by molar-refractivity contribution is -0.143. The van der Waals surface area contributed by atoms with Crippen molar-refractivity contribution in [3.63, 3.8) is 0 Å². The van der Waals surface area contributed by atoms with E-state index in [-0.39, 0.29) is 24.5 Å². The molecule has 3 rings (SSSR count). The van der Waals surface area contributed by atoms with E-state index in [2.05, 4.69) is 5.32 Å². The highest BCUT2D eigenvalue weighted by atomic mass is 16.5. The van der Waals surface area contributed by atoms with Crippen LogP contribution in [0.2, 0.25) is 0 Å². The maximum Gasteiger partial charge on any atom is 0.261 e. The second kappa shape index (κ2) is 12.0. The van der Waals surface area contributed by atoms with Gasteiger partial charge in [0.25, 0.3) is 5.91 Å². The Morgan fingerprint density at radius 3 is 2.21 bits per heavy atom. The summed E-state index contributed by atoms with van der Waals surface area (Å²) in [4.78, 5) is 28.5. The summed E-state index contributed by atoms with van der Waals surface area (Å²) >= 11 is 0. The Morgan fingerprint density at radius 2 is 1.56 bits per heavy atom. The molecule has 178 valence electrons. The van der Waals surface area contributed by atoms with Crippen LogP contribution >= 0.6 is 0 Å². The van der Waals surface area contributed by atoms with E-state index >= 15 is 0 Å². The van der Waals surface area contributed by atoms with Crippen molar-refractivity contribution in [1.29, 1.82) is 0 Å². The summed E-state index contributed by atoms with van der Waals surface area (Å²) in [7, 11) is 0. The molecule has 0 saturated carbocycles. The highest BCUT2D eigenvalue weighted by Crippen LogP contribution is 2.17. The molecule has 0 fully saturated rings. The monoisotopic (exact) mass is 458 g/mol. The molecule has 0 saturated heterocycles. The van der Waals surface area contributed by atoms with E-state index in [1.165, 1.54) is 0 Å². The summed E-state index contributed by atoms with van der Waals surface area (Å²) in [5.74, 6) is 0.228. The Balaban J connectivity index is 1.90. The van der Waals surface area contributed by atoms with Crippen LogP contribution in [0.3, 0.4) is 0 Å². The molecule has 3 aromatic rings. The zero-order valence-electron chi connectivity index (χ0n) is 20.5. The molecule has 0 aromatic heterocycles. The van der Waals surface area contributed by atoms with Gasteiger partial charge in [-0.05, 0) is 56.5 Å². The first-order valence-corrected chi connectivity index (χ1v) is 11.7. The Hall–Kier alpha value is -3.60. The number of carbonyl (C=O) groups is 2. The van der Waals surface area contributed by atoms with E-state index in [1.807, 2.05) is 107 Å². The third-order valence-electron chi connectivity index (χ3n) is 5.53. The summed E-state index contributed by atoms with van der Waals surface area (Å²) in [6.07, 6.45) is 0.418. The van der Waals surface area contributed by atoms with Crippen LogP contribution in [0.15, 0.2) is 78.9 Å². The third-order valence-corrected chi connectivity index (χ3v) is 5.53. The molecule has 34 heavy (non-hydrogen) atoms. The number of carbonyl (C=O) groups excluding carboxylic acids is 2. The fourth-order valence-electron chi connectivity index (χ4n) is 3.76. The maximum absolute atomic E-state index is 13.5. The molecule has 0 spiro atoms. The third kappa shape index (κ3) is 7.48. The lowest BCUT2D eigenvalue weighted by Crippen LogP contribution is -2.52. The summed E-state index contributed by atoms with van der Waals surface area (Å²) in [5, 5.41) is 3.00. The molecule has 5 heteroatoms. The molecule has 0 radical (unpaired) electrons. The number of amides is 2. The maximum atomic E-state index is 13.5. The van der Waals surface area contributed by atoms with Crippen LogP contribution < -0.4 is 10.1 Å². The highest BCUT2D eigenvalue weighted by molar-refractivity contribution is 5.88. The van der Waals surface area contributed by atoms with Gasteiger partial charge in [0.1, 0.15) is 11.8 Å². The van der Waals surface area contributed by atoms with Crippen LogP contribution in [0.4, 0.5) is 0 Å². The number of nitrogens with one attached hydrogen (secondary N) is 1. The fourth-order valence-corrected chi connectivity index (χ4v) is 3.76. The highest BCUT2D eigenvalue weighted by Gasteiger charge is 2.31. The number of nitrogens with zero attached hydrogens (tertiary/aromatic N) is 1. The predicted octanol–water partition coefficient (Wildman–Crippen LogP) is 4.85. The predicted molar refractivity (Wildman–Crippen MR) is 136 cm³/mol. The molecular weight excluding hydrogens is 424 g/mol. The number of ether oxygens (including phenoxy) is 1. The van der Waals surface area contributed by atoms with Gasteiger partial charge in [-0.1, -0.05) is 72.3 Å². The second-order valence-corrected chi connectivity index (χ2v) is 8.98. The second-order valence-electron chi connectivity index (χ2n) is 8.98. The molecule has 2 amide bonds. The summed E-state index contributed by atoms with van der Waals surface area (Å²) in [6.45, 7) is 8.02. The van der Waals surface area contributed by atoms with Crippen molar-refractivity contribution in [3.05, 3.63) is 101 Å². The number of hydrogen-bond donors (Lipinski definition) is 1. The van der Waals surface area contributed by atoms with Gasteiger partial charge in [-0.15, -0.1) is 0 Å². The number of rotatable bonds is 10. The molecule has 0 heterocycles. The van der Waals surface area contributed by atoms with Crippen LogP contribution in [0, 0.1) is 13.8 Å². The van der Waals surface area contributed by atoms with E-state index in [9.17, 15) is 9.59 Å². The summed E-state index contributed by atoms with van der Waals surface area (Å²) in [6, 6.07) is 24.7. The molecule has 0 unspecified atom stereocenters. The van der Waals surface area contributed by atoms with Gasteiger partial charge >= 0.3 is 0 Å². The van der Waals surface area contributed by atoms with Gasteiger partial charge in [0.2, 0.25) is 5.91 Å². The van der Waals surface area contributed by atoms with E-state index in [1.54, 1.807) is 4.90 Å². The SMILES string of the molecule is Cc1ccc(CN(C(=O)COc2cccc(C)c2)[C@H](Cc2ccccc2)C(=O)NC(C)C)cc1. The topological polar surface area (TPSA) is 58.6 Å². The van der Waals surface area contributed by atoms with Gasteiger partial charge in [-0.3, -0.25) is 9.59 Å². The van der Waals surface area contributed by atoms with Gasteiger partial charge < -0.3 is 15.0 Å².